The van der Waals surface area contributed by atoms with E-state index in [2.05, 4.69) is 23.9 Å². The van der Waals surface area contributed by atoms with Crippen LogP contribution in [-0.2, 0) is 4.79 Å². The molecule has 0 aliphatic carbocycles. The van der Waals surface area contributed by atoms with Gasteiger partial charge in [0, 0.05) is 11.5 Å². The molecule has 1 atom stereocenters. The third kappa shape index (κ3) is 5.17. The molecule has 0 aliphatic heterocycles. The van der Waals surface area contributed by atoms with Gasteiger partial charge in [-0.25, -0.2) is 4.72 Å². The summed E-state index contributed by atoms with van der Waals surface area (Å²) >= 11 is 5.19. The number of nitrogens with one attached hydrogen (secondary N) is 1. The van der Waals surface area contributed by atoms with Gasteiger partial charge in [0.25, 0.3) is 0 Å². The number of carboxylic acid groups (broad SMARTS) is 1. The fourth-order valence-electron chi connectivity index (χ4n) is 0.373. The predicted molar refractivity (Wildman–Crippen MR) is 51.1 cm³/mol. The standard InChI is InChI=1S/C6H11NO2S2/c1-2-3-11-7-5(4-10)6(8)9/h2,5,7,10H,1,3-4H2,(H,8,9)/t5-/m1/s1. The Bertz CT molecular complexity index is 141. The van der Waals surface area contributed by atoms with Crippen LogP contribution in [-0.4, -0.2) is 28.6 Å². The molecule has 0 saturated heterocycles. The molecule has 0 amide bonds. The SMILES string of the molecule is C=CCSN[C@H](CS)C(=O)O. The molecule has 0 aromatic carbocycles. The summed E-state index contributed by atoms with van der Waals surface area (Å²) in [6, 6.07) is -0.580. The Morgan fingerprint density at radius 3 is 2.91 bits per heavy atom. The maximum absolute atomic E-state index is 10.4. The minimum absolute atomic E-state index is 0.291. The molecule has 0 aromatic heterocycles. The molecule has 0 bridgehead atoms. The molecule has 0 radical (unpaired) electrons. The van der Waals surface area contributed by atoms with Crippen molar-refractivity contribution >= 4 is 30.5 Å². The Kier molecular flexibility index (Phi) is 6.49. The normalized spacial score (nSPS) is 12.5. The van der Waals surface area contributed by atoms with Crippen molar-refractivity contribution in [1.29, 1.82) is 0 Å². The number of thiol groups is 1. The molecule has 11 heavy (non-hydrogen) atoms. The van der Waals surface area contributed by atoms with E-state index in [0.29, 0.717) is 11.5 Å². The molecule has 0 heterocycles. The highest BCUT2D eigenvalue weighted by Crippen LogP contribution is 1.98. The largest absolute Gasteiger partial charge is 0.480 e. The third-order valence-corrected chi connectivity index (χ3v) is 2.13. The topological polar surface area (TPSA) is 49.3 Å². The Hall–Kier alpha value is -0.130. The van der Waals surface area contributed by atoms with Crippen molar-refractivity contribution in [1.82, 2.24) is 4.72 Å². The minimum atomic E-state index is -0.878. The average Bonchev–Trinajstić information content (AvgIpc) is 1.97. The van der Waals surface area contributed by atoms with Crippen molar-refractivity contribution in [2.45, 2.75) is 6.04 Å². The number of carboxylic acids is 1. The molecule has 0 unspecified atom stereocenters. The zero-order valence-electron chi connectivity index (χ0n) is 5.99. The van der Waals surface area contributed by atoms with E-state index in [1.165, 1.54) is 11.9 Å². The van der Waals surface area contributed by atoms with E-state index in [-0.39, 0.29) is 0 Å². The van der Waals surface area contributed by atoms with Gasteiger partial charge < -0.3 is 5.11 Å². The van der Waals surface area contributed by atoms with Gasteiger partial charge in [0.1, 0.15) is 6.04 Å². The van der Waals surface area contributed by atoms with Crippen LogP contribution in [0.3, 0.4) is 0 Å². The van der Waals surface area contributed by atoms with E-state index in [1.807, 2.05) is 0 Å². The van der Waals surface area contributed by atoms with Gasteiger partial charge in [0.05, 0.1) is 0 Å². The quantitative estimate of drug-likeness (QED) is 0.253. The van der Waals surface area contributed by atoms with Crippen LogP contribution in [0.2, 0.25) is 0 Å². The molecule has 0 saturated carbocycles. The van der Waals surface area contributed by atoms with Crippen LogP contribution in [0.1, 0.15) is 0 Å². The van der Waals surface area contributed by atoms with Crippen LogP contribution >= 0.6 is 24.6 Å². The number of carbonyl (C=O) groups is 1. The second-order valence-corrected chi connectivity index (χ2v) is 3.01. The van der Waals surface area contributed by atoms with Gasteiger partial charge in [-0.1, -0.05) is 18.0 Å². The summed E-state index contributed by atoms with van der Waals surface area (Å²) in [6.07, 6.45) is 1.70. The third-order valence-electron chi connectivity index (χ3n) is 0.907. The Balaban J connectivity index is 3.52. The van der Waals surface area contributed by atoms with Crippen molar-refractivity contribution in [3.05, 3.63) is 12.7 Å². The van der Waals surface area contributed by atoms with Crippen LogP contribution in [0.5, 0.6) is 0 Å². The Morgan fingerprint density at radius 1 is 1.91 bits per heavy atom. The first-order chi connectivity index (χ1) is 5.22. The van der Waals surface area contributed by atoms with Crippen molar-refractivity contribution in [2.24, 2.45) is 0 Å². The molecule has 0 spiro atoms. The van der Waals surface area contributed by atoms with Gasteiger partial charge >= 0.3 is 5.97 Å². The second-order valence-electron chi connectivity index (χ2n) is 1.79. The Labute approximate surface area is 75.8 Å². The minimum Gasteiger partial charge on any atom is -0.480 e. The highest BCUT2D eigenvalue weighted by molar-refractivity contribution is 7.97. The zero-order chi connectivity index (χ0) is 8.69. The maximum atomic E-state index is 10.4. The fourth-order valence-corrected chi connectivity index (χ4v) is 1.34. The molecular weight excluding hydrogens is 182 g/mol. The van der Waals surface area contributed by atoms with E-state index < -0.39 is 12.0 Å². The summed E-state index contributed by atoms with van der Waals surface area (Å²) in [4.78, 5) is 10.4. The van der Waals surface area contributed by atoms with Crippen LogP contribution in [0, 0.1) is 0 Å². The molecule has 64 valence electrons. The van der Waals surface area contributed by atoms with Crippen molar-refractivity contribution in [3.8, 4) is 0 Å². The van der Waals surface area contributed by atoms with Gasteiger partial charge in [-0.3, -0.25) is 4.79 Å². The van der Waals surface area contributed by atoms with E-state index >= 15 is 0 Å². The molecule has 3 nitrogen and oxygen atoms in total. The van der Waals surface area contributed by atoms with Crippen LogP contribution in [0.15, 0.2) is 12.7 Å². The van der Waals surface area contributed by atoms with Crippen LogP contribution < -0.4 is 4.72 Å². The first kappa shape index (κ1) is 10.9. The summed E-state index contributed by atoms with van der Waals surface area (Å²) in [6.45, 7) is 3.50. The van der Waals surface area contributed by atoms with Crippen LogP contribution in [0.4, 0.5) is 0 Å². The highest BCUT2D eigenvalue weighted by atomic mass is 32.2. The first-order valence-electron chi connectivity index (χ1n) is 3.04. The highest BCUT2D eigenvalue weighted by Gasteiger charge is 2.13. The summed E-state index contributed by atoms with van der Waals surface area (Å²) < 4.78 is 2.74. The summed E-state index contributed by atoms with van der Waals surface area (Å²) in [5.74, 6) is 0.105. The molecule has 0 rings (SSSR count). The van der Waals surface area contributed by atoms with Crippen molar-refractivity contribution in [3.63, 3.8) is 0 Å². The summed E-state index contributed by atoms with van der Waals surface area (Å²) in [5.41, 5.74) is 0. The number of rotatable bonds is 6. The van der Waals surface area contributed by atoms with Gasteiger partial charge in [0.2, 0.25) is 0 Å². The van der Waals surface area contributed by atoms with Gasteiger partial charge in [-0.2, -0.15) is 12.6 Å². The van der Waals surface area contributed by atoms with Crippen molar-refractivity contribution < 1.29 is 9.90 Å². The Morgan fingerprint density at radius 2 is 2.55 bits per heavy atom. The van der Waals surface area contributed by atoms with Gasteiger partial charge in [0.15, 0.2) is 0 Å². The van der Waals surface area contributed by atoms with E-state index in [9.17, 15) is 4.79 Å². The monoisotopic (exact) mass is 193 g/mol. The molecule has 2 N–H and O–H groups in total. The maximum Gasteiger partial charge on any atom is 0.322 e. The summed E-state index contributed by atoms with van der Waals surface area (Å²) in [5, 5.41) is 8.52. The summed E-state index contributed by atoms with van der Waals surface area (Å²) in [7, 11) is 0. The predicted octanol–water partition coefficient (Wildman–Crippen LogP) is 0.793. The smallest absolute Gasteiger partial charge is 0.322 e. The van der Waals surface area contributed by atoms with Crippen LogP contribution in [0.25, 0.3) is 0 Å². The van der Waals surface area contributed by atoms with Gasteiger partial charge in [-0.15, -0.1) is 6.58 Å². The van der Waals surface area contributed by atoms with E-state index in [0.717, 1.165) is 0 Å². The lowest BCUT2D eigenvalue weighted by molar-refractivity contribution is -0.138. The second kappa shape index (κ2) is 6.57. The number of hydrogen-bond acceptors (Lipinski definition) is 4. The molecular formula is C6H11NO2S2. The van der Waals surface area contributed by atoms with Gasteiger partial charge in [-0.05, 0) is 0 Å². The average molecular weight is 193 g/mol. The molecule has 0 aromatic rings. The number of aliphatic carboxylic acids is 1. The lowest BCUT2D eigenvalue weighted by Crippen LogP contribution is -2.33. The lowest BCUT2D eigenvalue weighted by atomic mass is 10.4. The molecule has 0 aliphatic rings. The van der Waals surface area contributed by atoms with E-state index in [4.69, 9.17) is 5.11 Å². The molecule has 5 heteroatoms. The lowest BCUT2D eigenvalue weighted by Gasteiger charge is -2.08. The first-order valence-corrected chi connectivity index (χ1v) is 4.66. The van der Waals surface area contributed by atoms with Crippen molar-refractivity contribution in [2.75, 3.05) is 11.5 Å². The fraction of sp³-hybridized carbons (Fsp3) is 0.500. The molecule has 0 fully saturated rings. The number of hydrogen-bond donors (Lipinski definition) is 3. The zero-order valence-corrected chi connectivity index (χ0v) is 7.70. The van der Waals surface area contributed by atoms with E-state index in [1.54, 1.807) is 6.08 Å².